The first-order chi connectivity index (χ1) is 8.25. The van der Waals surface area contributed by atoms with Gasteiger partial charge in [-0.25, -0.2) is 0 Å². The maximum absolute atomic E-state index is 6.12. The molecule has 2 aliphatic rings. The molecule has 0 bridgehead atoms. The minimum absolute atomic E-state index is 0.294. The van der Waals surface area contributed by atoms with Crippen LogP contribution in [0.4, 0.5) is 0 Å². The van der Waals surface area contributed by atoms with Gasteiger partial charge in [0.25, 0.3) is 0 Å². The predicted octanol–water partition coefficient (Wildman–Crippen LogP) is 3.45. The summed E-state index contributed by atoms with van der Waals surface area (Å²) in [6.45, 7) is 0. The molecular weight excluding hydrogens is 252 g/mol. The van der Waals surface area contributed by atoms with Gasteiger partial charge in [0, 0.05) is 29.9 Å². The lowest BCUT2D eigenvalue weighted by Gasteiger charge is -2.28. The molecule has 0 saturated carbocycles. The maximum Gasteiger partial charge on any atom is 0.106 e. The van der Waals surface area contributed by atoms with Crippen molar-refractivity contribution in [3.63, 3.8) is 0 Å². The summed E-state index contributed by atoms with van der Waals surface area (Å²) in [4.78, 5) is 7.49. The number of allylic oxidation sites excluding steroid dienone is 2. The summed E-state index contributed by atoms with van der Waals surface area (Å²) in [7, 11) is 2.02. The average molecular weight is 263 g/mol. The molecule has 1 aromatic rings. The van der Waals surface area contributed by atoms with Crippen molar-refractivity contribution in [1.82, 2.24) is 9.88 Å². The Morgan fingerprint density at radius 3 is 3.06 bits per heavy atom. The van der Waals surface area contributed by atoms with Crippen LogP contribution < -0.4 is 0 Å². The molecule has 0 aliphatic carbocycles. The normalized spacial score (nSPS) is 22.8. The van der Waals surface area contributed by atoms with E-state index in [0.717, 1.165) is 10.7 Å². The molecule has 1 aromatic heterocycles. The van der Waals surface area contributed by atoms with E-state index in [1.54, 1.807) is 6.20 Å². The quantitative estimate of drug-likeness (QED) is 0.721. The molecule has 2 aliphatic heterocycles. The second kappa shape index (κ2) is 4.24. The van der Waals surface area contributed by atoms with E-state index in [1.807, 2.05) is 37.1 Å². The maximum atomic E-state index is 6.12. The fourth-order valence-electron chi connectivity index (χ4n) is 1.93. The van der Waals surface area contributed by atoms with E-state index in [2.05, 4.69) is 28.1 Å². The molecule has 0 saturated heterocycles. The smallest absolute Gasteiger partial charge is 0.106 e. The van der Waals surface area contributed by atoms with Crippen molar-refractivity contribution in [2.75, 3.05) is 7.05 Å². The van der Waals surface area contributed by atoms with Crippen molar-refractivity contribution in [3.8, 4) is 0 Å². The van der Waals surface area contributed by atoms with E-state index in [0.29, 0.717) is 5.37 Å². The first kappa shape index (κ1) is 10.9. The SMILES string of the molecule is CN1C(Cl)=CC=C2C=C(c3cccnc3)SC21. The Morgan fingerprint density at radius 1 is 1.41 bits per heavy atom. The number of aromatic nitrogens is 1. The van der Waals surface area contributed by atoms with Gasteiger partial charge >= 0.3 is 0 Å². The second-order valence-corrected chi connectivity index (χ2v) is 5.50. The van der Waals surface area contributed by atoms with E-state index in [4.69, 9.17) is 11.6 Å². The van der Waals surface area contributed by atoms with Crippen LogP contribution in [-0.4, -0.2) is 22.3 Å². The van der Waals surface area contributed by atoms with Crippen molar-refractivity contribution in [1.29, 1.82) is 0 Å². The largest absolute Gasteiger partial charge is 0.349 e. The molecule has 3 rings (SSSR count). The Balaban J connectivity index is 1.95. The van der Waals surface area contributed by atoms with Gasteiger partial charge < -0.3 is 4.90 Å². The van der Waals surface area contributed by atoms with Crippen molar-refractivity contribution >= 4 is 28.3 Å². The van der Waals surface area contributed by atoms with Gasteiger partial charge in [0.1, 0.15) is 10.5 Å². The monoisotopic (exact) mass is 262 g/mol. The third-order valence-electron chi connectivity index (χ3n) is 2.87. The number of likely N-dealkylation sites (N-methyl/N-ethyl adjacent to an activating group) is 1. The highest BCUT2D eigenvalue weighted by atomic mass is 35.5. The summed E-state index contributed by atoms with van der Waals surface area (Å²) in [5.41, 5.74) is 2.46. The molecule has 86 valence electrons. The van der Waals surface area contributed by atoms with Gasteiger partial charge in [0.05, 0.1) is 0 Å². The first-order valence-corrected chi connectivity index (χ1v) is 6.60. The molecule has 0 amide bonds. The number of nitrogens with zero attached hydrogens (tertiary/aromatic N) is 2. The standard InChI is InChI=1S/C13H11ClN2S/c1-16-12(14)5-4-9-7-11(17-13(9)16)10-3-2-6-15-8-10/h2-8,13H,1H3. The van der Waals surface area contributed by atoms with E-state index >= 15 is 0 Å². The van der Waals surface area contributed by atoms with Gasteiger partial charge in [0.2, 0.25) is 0 Å². The third kappa shape index (κ3) is 1.90. The second-order valence-electron chi connectivity index (χ2n) is 3.99. The Hall–Kier alpha value is -1.19. The summed E-state index contributed by atoms with van der Waals surface area (Å²) < 4.78 is 0. The Kier molecular flexibility index (Phi) is 2.73. The topological polar surface area (TPSA) is 16.1 Å². The molecule has 2 nitrogen and oxygen atoms in total. The Bertz CT molecular complexity index is 534. The molecule has 0 radical (unpaired) electrons. The van der Waals surface area contributed by atoms with Crippen LogP contribution in [0.15, 0.2) is 53.5 Å². The van der Waals surface area contributed by atoms with Gasteiger partial charge in [-0.2, -0.15) is 0 Å². The number of rotatable bonds is 1. The molecule has 1 unspecified atom stereocenters. The number of hydrogen-bond donors (Lipinski definition) is 0. The van der Waals surface area contributed by atoms with Crippen molar-refractivity contribution in [2.45, 2.75) is 5.37 Å². The zero-order valence-corrected chi connectivity index (χ0v) is 10.9. The zero-order chi connectivity index (χ0) is 11.8. The Morgan fingerprint density at radius 2 is 2.29 bits per heavy atom. The molecule has 0 aromatic carbocycles. The number of pyridine rings is 1. The fraction of sp³-hybridized carbons (Fsp3) is 0.154. The summed E-state index contributed by atoms with van der Waals surface area (Å²) in [5, 5.41) is 1.08. The summed E-state index contributed by atoms with van der Waals surface area (Å²) >= 11 is 7.93. The molecule has 3 heterocycles. The van der Waals surface area contributed by atoms with Gasteiger partial charge in [0.15, 0.2) is 0 Å². The van der Waals surface area contributed by atoms with Gasteiger partial charge in [-0.15, -0.1) is 0 Å². The van der Waals surface area contributed by atoms with Gasteiger partial charge in [-0.1, -0.05) is 35.5 Å². The summed E-state index contributed by atoms with van der Waals surface area (Å²) in [5.74, 6) is 0. The van der Waals surface area contributed by atoms with E-state index in [9.17, 15) is 0 Å². The molecular formula is C13H11ClN2S. The molecule has 0 spiro atoms. The molecule has 4 heteroatoms. The van der Waals surface area contributed by atoms with Crippen LogP contribution in [0.1, 0.15) is 5.56 Å². The molecule has 17 heavy (non-hydrogen) atoms. The number of fused-ring (bicyclic) bond motifs is 1. The summed E-state index contributed by atoms with van der Waals surface area (Å²) in [6, 6.07) is 4.04. The van der Waals surface area contributed by atoms with Crippen LogP contribution in [0, 0.1) is 0 Å². The third-order valence-corrected chi connectivity index (χ3v) is 4.68. The molecule has 0 N–H and O–H groups in total. The molecule has 0 fully saturated rings. The van der Waals surface area contributed by atoms with Crippen LogP contribution in [0.2, 0.25) is 0 Å². The minimum atomic E-state index is 0.294. The Labute approximate surface area is 110 Å². The van der Waals surface area contributed by atoms with Gasteiger partial charge in [-0.3, -0.25) is 4.98 Å². The number of hydrogen-bond acceptors (Lipinski definition) is 3. The molecule has 1 atom stereocenters. The fourth-order valence-corrected chi connectivity index (χ4v) is 3.41. The van der Waals surface area contributed by atoms with Crippen LogP contribution >= 0.6 is 23.4 Å². The van der Waals surface area contributed by atoms with E-state index < -0.39 is 0 Å². The lowest BCUT2D eigenvalue weighted by atomic mass is 10.1. The van der Waals surface area contributed by atoms with Crippen molar-refractivity contribution in [3.05, 3.63) is 59.0 Å². The minimum Gasteiger partial charge on any atom is -0.349 e. The lowest BCUT2D eigenvalue weighted by Crippen LogP contribution is -2.27. The zero-order valence-electron chi connectivity index (χ0n) is 9.30. The van der Waals surface area contributed by atoms with E-state index in [-0.39, 0.29) is 0 Å². The average Bonchev–Trinajstić information content (AvgIpc) is 2.80. The van der Waals surface area contributed by atoms with Crippen LogP contribution in [0.3, 0.4) is 0 Å². The predicted molar refractivity (Wildman–Crippen MR) is 73.4 cm³/mol. The van der Waals surface area contributed by atoms with Crippen molar-refractivity contribution in [2.24, 2.45) is 0 Å². The highest BCUT2D eigenvalue weighted by molar-refractivity contribution is 8.09. The van der Waals surface area contributed by atoms with Crippen LogP contribution in [0.25, 0.3) is 4.91 Å². The van der Waals surface area contributed by atoms with E-state index in [1.165, 1.54) is 10.5 Å². The van der Waals surface area contributed by atoms with Crippen LogP contribution in [0.5, 0.6) is 0 Å². The highest BCUT2D eigenvalue weighted by Crippen LogP contribution is 2.45. The lowest BCUT2D eigenvalue weighted by molar-refractivity contribution is 0.452. The van der Waals surface area contributed by atoms with Gasteiger partial charge in [-0.05, 0) is 23.8 Å². The highest BCUT2D eigenvalue weighted by Gasteiger charge is 2.29. The number of thioether (sulfide) groups is 1. The summed E-state index contributed by atoms with van der Waals surface area (Å²) in [6.07, 6.45) is 9.93. The first-order valence-electron chi connectivity index (χ1n) is 5.34. The number of halogens is 1. The van der Waals surface area contributed by atoms with Crippen molar-refractivity contribution < 1.29 is 0 Å². The van der Waals surface area contributed by atoms with Crippen LogP contribution in [-0.2, 0) is 0 Å².